The normalized spacial score (nSPS) is 12.1. The molecule has 1 atom stereocenters. The molecule has 0 aromatic heterocycles. The van der Waals surface area contributed by atoms with Crippen LogP contribution in [-0.2, 0) is 0 Å². The number of alkyl halides is 1. The van der Waals surface area contributed by atoms with E-state index in [1.165, 1.54) is 12.8 Å². The van der Waals surface area contributed by atoms with E-state index >= 15 is 0 Å². The van der Waals surface area contributed by atoms with Gasteiger partial charge in [0.15, 0.2) is 6.19 Å². The highest BCUT2D eigenvalue weighted by Crippen LogP contribution is 2.07. The quantitative estimate of drug-likeness (QED) is 0.423. The molecule has 0 aliphatic carbocycles. The molecule has 0 unspecified atom stereocenters. The van der Waals surface area contributed by atoms with Crippen molar-refractivity contribution in [2.45, 2.75) is 31.0 Å². The summed E-state index contributed by atoms with van der Waals surface area (Å²) >= 11 is 3.47. The first kappa shape index (κ1) is 9.77. The number of rotatable bonds is 5. The van der Waals surface area contributed by atoms with Crippen LogP contribution in [0.2, 0.25) is 0 Å². The lowest BCUT2D eigenvalue weighted by atomic mass is 10.2. The average Bonchev–Trinajstić information content (AvgIpc) is 1.97. The number of nitrogens with zero attached hydrogens (tertiary/aromatic N) is 1. The van der Waals surface area contributed by atoms with E-state index < -0.39 is 0 Å². The molecule has 0 aromatic rings. The highest BCUT2D eigenvalue weighted by molar-refractivity contribution is 9.09. The van der Waals surface area contributed by atoms with Gasteiger partial charge in [-0.05, 0) is 6.42 Å². The molecule has 1 N–H and O–H groups in total. The lowest BCUT2D eigenvalue weighted by molar-refractivity contribution is 0.669. The molecule has 0 aliphatic rings. The predicted octanol–water partition coefficient (Wildman–Crippen LogP) is 2.01. The molecule has 2 nitrogen and oxygen atoms in total. The van der Waals surface area contributed by atoms with Crippen molar-refractivity contribution < 1.29 is 0 Å². The lowest BCUT2D eigenvalue weighted by Crippen LogP contribution is -2.17. The summed E-state index contributed by atoms with van der Waals surface area (Å²) in [5.41, 5.74) is 0. The van der Waals surface area contributed by atoms with E-state index in [1.54, 1.807) is 0 Å². The van der Waals surface area contributed by atoms with Gasteiger partial charge < -0.3 is 5.32 Å². The Labute approximate surface area is 70.7 Å². The Kier molecular flexibility index (Phi) is 6.73. The summed E-state index contributed by atoms with van der Waals surface area (Å²) in [5, 5.41) is 10.8. The van der Waals surface area contributed by atoms with Gasteiger partial charge in [-0.25, -0.2) is 0 Å². The van der Waals surface area contributed by atoms with E-state index in [2.05, 4.69) is 28.2 Å². The predicted molar refractivity (Wildman–Crippen MR) is 45.9 cm³/mol. The van der Waals surface area contributed by atoms with Gasteiger partial charge in [0.2, 0.25) is 0 Å². The van der Waals surface area contributed by atoms with E-state index in [9.17, 15) is 0 Å². The second kappa shape index (κ2) is 6.88. The van der Waals surface area contributed by atoms with Gasteiger partial charge in [0.05, 0.1) is 0 Å². The van der Waals surface area contributed by atoms with E-state index in [-0.39, 0.29) is 0 Å². The third kappa shape index (κ3) is 5.90. The van der Waals surface area contributed by atoms with E-state index in [1.807, 2.05) is 6.19 Å². The highest BCUT2D eigenvalue weighted by atomic mass is 79.9. The molecule has 0 saturated carbocycles. The van der Waals surface area contributed by atoms with Gasteiger partial charge in [-0.1, -0.05) is 35.7 Å². The van der Waals surface area contributed by atoms with Crippen LogP contribution in [0.4, 0.5) is 0 Å². The topological polar surface area (TPSA) is 35.8 Å². The van der Waals surface area contributed by atoms with Crippen LogP contribution in [0.1, 0.15) is 26.2 Å². The van der Waals surface area contributed by atoms with Gasteiger partial charge in [-0.2, -0.15) is 5.26 Å². The van der Waals surface area contributed by atoms with Crippen molar-refractivity contribution in [3.05, 3.63) is 0 Å². The van der Waals surface area contributed by atoms with Crippen molar-refractivity contribution >= 4 is 15.9 Å². The Morgan fingerprint density at radius 2 is 2.40 bits per heavy atom. The van der Waals surface area contributed by atoms with Crippen LogP contribution in [0.5, 0.6) is 0 Å². The molecule has 0 spiro atoms. The fourth-order valence-corrected chi connectivity index (χ4v) is 1.17. The molecule has 0 radical (unpaired) electrons. The van der Waals surface area contributed by atoms with Crippen molar-refractivity contribution in [2.24, 2.45) is 0 Å². The minimum Gasteiger partial charge on any atom is -0.323 e. The molecule has 58 valence electrons. The second-order valence-electron chi connectivity index (χ2n) is 2.23. The molecule has 3 heteroatoms. The maximum atomic E-state index is 8.16. The van der Waals surface area contributed by atoms with Crippen LogP contribution in [0.3, 0.4) is 0 Å². The Hall–Kier alpha value is -0.230. The van der Waals surface area contributed by atoms with E-state index in [4.69, 9.17) is 5.26 Å². The fraction of sp³-hybridized carbons (Fsp3) is 0.857. The van der Waals surface area contributed by atoms with Crippen molar-refractivity contribution in [3.63, 3.8) is 0 Å². The Morgan fingerprint density at radius 3 is 2.90 bits per heavy atom. The van der Waals surface area contributed by atoms with Crippen LogP contribution in [0.15, 0.2) is 0 Å². The van der Waals surface area contributed by atoms with Crippen molar-refractivity contribution in [1.29, 1.82) is 5.26 Å². The zero-order valence-corrected chi connectivity index (χ0v) is 7.82. The van der Waals surface area contributed by atoms with Gasteiger partial charge >= 0.3 is 0 Å². The average molecular weight is 205 g/mol. The summed E-state index contributed by atoms with van der Waals surface area (Å²) in [6.45, 7) is 2.91. The Balaban J connectivity index is 3.10. The zero-order valence-electron chi connectivity index (χ0n) is 6.23. The standard InChI is InChI=1S/C7H13BrN2/c1-2-3-4-7(8)5-10-6-9/h7,10H,2-5H2,1H3/t7-/m1/s1. The number of hydrogen-bond donors (Lipinski definition) is 1. The van der Waals surface area contributed by atoms with Gasteiger partial charge in [-0.3, -0.25) is 0 Å². The van der Waals surface area contributed by atoms with Crippen LogP contribution in [0.25, 0.3) is 0 Å². The molecular formula is C7H13BrN2. The number of hydrogen-bond acceptors (Lipinski definition) is 2. The molecule has 0 bridgehead atoms. The van der Waals surface area contributed by atoms with Crippen LogP contribution >= 0.6 is 15.9 Å². The second-order valence-corrected chi connectivity index (χ2v) is 3.53. The van der Waals surface area contributed by atoms with Crippen molar-refractivity contribution in [2.75, 3.05) is 6.54 Å². The summed E-state index contributed by atoms with van der Waals surface area (Å²) in [4.78, 5) is 0.451. The van der Waals surface area contributed by atoms with Crippen LogP contribution in [-0.4, -0.2) is 11.4 Å². The molecule has 10 heavy (non-hydrogen) atoms. The highest BCUT2D eigenvalue weighted by Gasteiger charge is 2.00. The molecular weight excluding hydrogens is 192 g/mol. The summed E-state index contributed by atoms with van der Waals surface area (Å²) in [6, 6.07) is 0. The maximum absolute atomic E-state index is 8.16. The number of unbranched alkanes of at least 4 members (excludes halogenated alkanes) is 1. The van der Waals surface area contributed by atoms with Crippen LogP contribution < -0.4 is 5.32 Å². The van der Waals surface area contributed by atoms with Gasteiger partial charge in [-0.15, -0.1) is 0 Å². The zero-order chi connectivity index (χ0) is 7.82. The number of halogens is 1. The first-order valence-corrected chi connectivity index (χ1v) is 4.48. The summed E-state index contributed by atoms with van der Waals surface area (Å²) in [7, 11) is 0. The minimum absolute atomic E-state index is 0.451. The number of nitriles is 1. The first-order chi connectivity index (χ1) is 4.81. The van der Waals surface area contributed by atoms with Crippen LogP contribution in [0, 0.1) is 11.5 Å². The molecule has 0 saturated heterocycles. The van der Waals surface area contributed by atoms with E-state index in [0.29, 0.717) is 4.83 Å². The molecule has 0 fully saturated rings. The molecule has 0 heterocycles. The fourth-order valence-electron chi connectivity index (χ4n) is 0.684. The van der Waals surface area contributed by atoms with Gasteiger partial charge in [0, 0.05) is 11.4 Å². The monoisotopic (exact) mass is 204 g/mol. The number of nitrogens with one attached hydrogen (secondary N) is 1. The third-order valence-corrected chi connectivity index (χ3v) is 2.06. The van der Waals surface area contributed by atoms with Gasteiger partial charge in [0.1, 0.15) is 0 Å². The Bertz CT molecular complexity index is 109. The first-order valence-electron chi connectivity index (χ1n) is 3.57. The smallest absolute Gasteiger partial charge is 0.176 e. The summed E-state index contributed by atoms with van der Waals surface area (Å²) in [6.07, 6.45) is 5.48. The third-order valence-electron chi connectivity index (χ3n) is 1.27. The molecule has 0 aromatic carbocycles. The SMILES string of the molecule is CCCC[C@@H](Br)CNC#N. The van der Waals surface area contributed by atoms with Crippen molar-refractivity contribution in [3.8, 4) is 6.19 Å². The summed E-state index contributed by atoms with van der Waals surface area (Å²) in [5.74, 6) is 0. The lowest BCUT2D eigenvalue weighted by Gasteiger charge is -2.05. The Morgan fingerprint density at radius 1 is 1.70 bits per heavy atom. The van der Waals surface area contributed by atoms with Crippen molar-refractivity contribution in [1.82, 2.24) is 5.32 Å². The molecule has 0 aliphatic heterocycles. The maximum Gasteiger partial charge on any atom is 0.176 e. The van der Waals surface area contributed by atoms with Gasteiger partial charge in [0.25, 0.3) is 0 Å². The largest absolute Gasteiger partial charge is 0.323 e. The summed E-state index contributed by atoms with van der Waals surface area (Å²) < 4.78 is 0. The van der Waals surface area contributed by atoms with E-state index in [0.717, 1.165) is 13.0 Å². The molecule has 0 rings (SSSR count). The molecule has 0 amide bonds. The minimum atomic E-state index is 0.451.